The Bertz CT molecular complexity index is 243. The van der Waals surface area contributed by atoms with Crippen molar-refractivity contribution in [1.29, 1.82) is 0 Å². The van der Waals surface area contributed by atoms with E-state index in [-0.39, 0.29) is 0 Å². The molecule has 0 aliphatic heterocycles. The summed E-state index contributed by atoms with van der Waals surface area (Å²) in [4.78, 5) is 42.6. The lowest BCUT2D eigenvalue weighted by molar-refractivity contribution is 0.331. The summed E-state index contributed by atoms with van der Waals surface area (Å²) in [6.45, 7) is 0. The molecule has 0 atom stereocenters. The van der Waals surface area contributed by atoms with Crippen molar-refractivity contribution >= 4 is 32.8 Å². The minimum atomic E-state index is -4.56. The average molecular weight is 253 g/mol. The fourth-order valence-electron chi connectivity index (χ4n) is 0.487. The molecule has 0 heterocycles. The molecule has 0 aromatic rings. The van der Waals surface area contributed by atoms with Crippen molar-refractivity contribution in [2.45, 2.75) is 6.42 Å². The maximum absolute atomic E-state index is 10.5. The van der Waals surface area contributed by atoms with Crippen LogP contribution in [0.25, 0.3) is 0 Å². The molecular weight excluding hydrogens is 243 g/mol. The molecule has 13 heavy (non-hydrogen) atoms. The fraction of sp³-hybridized carbons (Fsp3) is 0.667. The van der Waals surface area contributed by atoms with E-state index < -0.39 is 33.6 Å². The van der Waals surface area contributed by atoms with Crippen LogP contribution in [-0.4, -0.2) is 36.1 Å². The van der Waals surface area contributed by atoms with E-state index >= 15 is 0 Å². The van der Waals surface area contributed by atoms with Gasteiger partial charge in [-0.2, -0.15) is 19.2 Å². The zero-order valence-corrected chi connectivity index (χ0v) is 8.82. The lowest BCUT2D eigenvalue weighted by Crippen LogP contribution is -2.04. The molecule has 0 bridgehead atoms. The second-order valence-electron chi connectivity index (χ2n) is 2.21. The van der Waals surface area contributed by atoms with E-state index in [9.17, 15) is 4.57 Å². The molecule has 0 radical (unpaired) electrons. The number of rotatable bonds is 4. The lowest BCUT2D eigenvalue weighted by Gasteiger charge is -2.06. The Morgan fingerprint density at radius 2 is 1.85 bits per heavy atom. The maximum Gasteiger partial charge on any atom is 0.404 e. The van der Waals surface area contributed by atoms with Gasteiger partial charge in [0.25, 0.3) is 0 Å². The summed E-state index contributed by atoms with van der Waals surface area (Å²) in [5.41, 5.74) is -0.685. The molecule has 10 heteroatoms. The monoisotopic (exact) mass is 252 g/mol. The Morgan fingerprint density at radius 1 is 1.38 bits per heavy atom. The maximum atomic E-state index is 10.5. The number of hydrogen-bond acceptors (Lipinski definition) is 5. The van der Waals surface area contributed by atoms with Gasteiger partial charge >= 0.3 is 15.5 Å². The third kappa shape index (κ3) is 6.49. The third-order valence-electron chi connectivity index (χ3n) is 1.07. The van der Waals surface area contributed by atoms with Crippen LogP contribution < -0.4 is 0 Å². The van der Waals surface area contributed by atoms with Crippen LogP contribution in [0.4, 0.5) is 0 Å². The van der Waals surface area contributed by atoms with Crippen molar-refractivity contribution in [1.82, 2.24) is 0 Å². The van der Waals surface area contributed by atoms with Crippen LogP contribution in [0, 0.1) is 0 Å². The van der Waals surface area contributed by atoms with Crippen molar-refractivity contribution in [3.05, 3.63) is 0 Å². The van der Waals surface area contributed by atoms with E-state index in [4.69, 9.17) is 36.2 Å². The van der Waals surface area contributed by atoms with Gasteiger partial charge in [0.1, 0.15) is 11.6 Å². The summed E-state index contributed by atoms with van der Waals surface area (Å²) in [6.07, 6.45) is -1.05. The SMILES string of the molecule is O=P(O)(O)C(CC[P+](O)(O)O)=NCl. The first-order valence-electron chi connectivity index (χ1n) is 2.97. The fourth-order valence-corrected chi connectivity index (χ4v) is 2.06. The second kappa shape index (κ2) is 4.77. The van der Waals surface area contributed by atoms with Gasteiger partial charge in [-0.3, -0.25) is 4.57 Å². The van der Waals surface area contributed by atoms with Crippen LogP contribution in [0.2, 0.25) is 0 Å². The zero-order chi connectivity index (χ0) is 10.7. The molecule has 0 aromatic carbocycles. The van der Waals surface area contributed by atoms with E-state index in [0.717, 1.165) is 0 Å². The quantitative estimate of drug-likeness (QED) is 0.349. The highest BCUT2D eigenvalue weighted by Gasteiger charge is 2.33. The molecule has 7 nitrogen and oxygen atoms in total. The predicted molar refractivity (Wildman–Crippen MR) is 48.4 cm³/mol. The first kappa shape index (κ1) is 13.4. The average Bonchev–Trinajstić information content (AvgIpc) is 1.82. The van der Waals surface area contributed by atoms with Gasteiger partial charge in [0.05, 0.1) is 0 Å². The number of nitrogens with zero attached hydrogens (tertiary/aromatic N) is 1. The first-order chi connectivity index (χ1) is 5.67. The Labute approximate surface area is 79.6 Å². The van der Waals surface area contributed by atoms with E-state index in [1.165, 1.54) is 0 Å². The molecule has 0 saturated heterocycles. The van der Waals surface area contributed by atoms with Crippen molar-refractivity contribution in [2.24, 2.45) is 4.51 Å². The van der Waals surface area contributed by atoms with Gasteiger partial charge in [0.2, 0.25) is 0 Å². The predicted octanol–water partition coefficient (Wildman–Crippen LogP) is -0.154. The van der Waals surface area contributed by atoms with Crippen LogP contribution in [0.1, 0.15) is 6.42 Å². The molecule has 0 amide bonds. The summed E-state index contributed by atoms with van der Waals surface area (Å²) in [5, 5.41) is 0. The zero-order valence-electron chi connectivity index (χ0n) is 6.28. The van der Waals surface area contributed by atoms with Crippen molar-refractivity contribution < 1.29 is 29.0 Å². The highest BCUT2D eigenvalue weighted by atomic mass is 35.5. The minimum absolute atomic E-state index is 0.467. The molecule has 0 fully saturated rings. The van der Waals surface area contributed by atoms with E-state index in [1.807, 2.05) is 0 Å². The molecule has 0 saturated carbocycles. The van der Waals surface area contributed by atoms with Crippen LogP contribution in [0.3, 0.4) is 0 Å². The van der Waals surface area contributed by atoms with Gasteiger partial charge in [-0.15, -0.1) is 0 Å². The number of halogens is 1. The summed E-state index contributed by atoms with van der Waals surface area (Å²) >= 11 is 4.84. The molecule has 0 aliphatic rings. The first-order valence-corrected chi connectivity index (χ1v) is 6.75. The van der Waals surface area contributed by atoms with Gasteiger partial charge in [-0.1, -0.05) is 0 Å². The highest BCUT2D eigenvalue weighted by Crippen LogP contribution is 2.48. The highest BCUT2D eigenvalue weighted by molar-refractivity contribution is 7.70. The molecule has 5 N–H and O–H groups in total. The standard InChI is InChI=1S/C3H8ClNO6P2/c4-5-3(13(9,10)11)1-2-12(6,7)8/h6-8H,1-2H2,(H-,9,10,11)/p+1. The van der Waals surface area contributed by atoms with Crippen LogP contribution in [0.5, 0.6) is 0 Å². The van der Waals surface area contributed by atoms with Gasteiger partial charge in [0, 0.05) is 18.2 Å². The minimum Gasteiger partial charge on any atom is -0.320 e. The molecule has 0 spiro atoms. The molecular formula is C3H9ClNO6P2+. The Hall–Kier alpha value is 0.420. The van der Waals surface area contributed by atoms with Crippen molar-refractivity contribution in [2.75, 3.05) is 6.16 Å². The van der Waals surface area contributed by atoms with Gasteiger partial charge in [-0.25, -0.2) is 0 Å². The third-order valence-corrected chi connectivity index (χ3v) is 3.21. The van der Waals surface area contributed by atoms with Crippen molar-refractivity contribution in [3.8, 4) is 0 Å². The molecule has 78 valence electrons. The lowest BCUT2D eigenvalue weighted by atomic mass is 10.5. The largest absolute Gasteiger partial charge is 0.404 e. The number of hydrogen-bond donors (Lipinski definition) is 5. The summed E-state index contributed by atoms with van der Waals surface area (Å²) in [6, 6.07) is 0. The van der Waals surface area contributed by atoms with Gasteiger partial charge < -0.3 is 9.79 Å². The second-order valence-corrected chi connectivity index (χ2v) is 5.82. The van der Waals surface area contributed by atoms with E-state index in [2.05, 4.69) is 4.51 Å². The Kier molecular flexibility index (Phi) is 4.93. The normalized spacial score (nSPS) is 14.8. The Morgan fingerprint density at radius 3 is 2.08 bits per heavy atom. The summed E-state index contributed by atoms with van der Waals surface area (Å²) in [7, 11) is -8.59. The van der Waals surface area contributed by atoms with Crippen molar-refractivity contribution in [3.63, 3.8) is 0 Å². The van der Waals surface area contributed by atoms with E-state index in [1.54, 1.807) is 0 Å². The smallest absolute Gasteiger partial charge is 0.320 e. The summed E-state index contributed by atoms with van der Waals surface area (Å²) in [5.74, 6) is 0. The summed E-state index contributed by atoms with van der Waals surface area (Å²) < 4.78 is 13.3. The van der Waals surface area contributed by atoms with Crippen LogP contribution >= 0.6 is 27.3 Å². The molecule has 0 aromatic heterocycles. The molecule has 0 unspecified atom stereocenters. The van der Waals surface area contributed by atoms with Crippen LogP contribution in [-0.2, 0) is 4.57 Å². The molecule has 0 rings (SSSR count). The van der Waals surface area contributed by atoms with Gasteiger partial charge in [0.15, 0.2) is 0 Å². The van der Waals surface area contributed by atoms with E-state index in [0.29, 0.717) is 0 Å². The molecule has 0 aliphatic carbocycles. The Balaban J connectivity index is 4.28. The topological polar surface area (TPSA) is 131 Å². The van der Waals surface area contributed by atoms with Crippen LogP contribution in [0.15, 0.2) is 4.51 Å². The van der Waals surface area contributed by atoms with Gasteiger partial charge in [-0.05, 0) is 0 Å².